The molecule has 0 aliphatic carbocycles. The number of amides is 1. The number of aromatic amines is 1. The Kier molecular flexibility index (Phi) is 3.98. The molecule has 0 aliphatic rings. The number of halogens is 2. The number of carbonyl (C=O) groups is 1. The number of hydrogen-bond donors (Lipinski definition) is 2. The van der Waals surface area contributed by atoms with Gasteiger partial charge >= 0.3 is 0 Å². The molecule has 2 N–H and O–H groups in total. The van der Waals surface area contributed by atoms with Crippen molar-refractivity contribution in [2.24, 2.45) is 0 Å². The monoisotopic (exact) mass is 234 g/mol. The summed E-state index contributed by atoms with van der Waals surface area (Å²) < 4.78 is 0. The van der Waals surface area contributed by atoms with Gasteiger partial charge in [0, 0.05) is 12.7 Å². The molecule has 0 saturated heterocycles. The van der Waals surface area contributed by atoms with Gasteiger partial charge in [0.25, 0.3) is 5.56 Å². The van der Waals surface area contributed by atoms with Crippen molar-refractivity contribution in [3.05, 3.63) is 33.2 Å². The number of pyridine rings is 1. The minimum Gasteiger partial charge on any atom is -0.351 e. The SMILES string of the molecule is O=C(CCl)NCc1c[nH]c(=O)c(Cl)c1. The summed E-state index contributed by atoms with van der Waals surface area (Å²) in [5, 5.41) is 2.64. The van der Waals surface area contributed by atoms with Crippen molar-refractivity contribution in [3.63, 3.8) is 0 Å². The summed E-state index contributed by atoms with van der Waals surface area (Å²) in [4.78, 5) is 24.1. The van der Waals surface area contributed by atoms with Gasteiger partial charge in [0.2, 0.25) is 5.91 Å². The van der Waals surface area contributed by atoms with Crippen molar-refractivity contribution >= 4 is 29.1 Å². The summed E-state index contributed by atoms with van der Waals surface area (Å²) in [6.45, 7) is 0.294. The second-order valence-electron chi connectivity index (χ2n) is 2.60. The molecular weight excluding hydrogens is 227 g/mol. The van der Waals surface area contributed by atoms with E-state index < -0.39 is 0 Å². The fourth-order valence-corrected chi connectivity index (χ4v) is 1.14. The van der Waals surface area contributed by atoms with Crippen LogP contribution in [0.4, 0.5) is 0 Å². The molecule has 1 amide bonds. The second kappa shape index (κ2) is 5.02. The molecule has 0 fully saturated rings. The smallest absolute Gasteiger partial charge is 0.266 e. The van der Waals surface area contributed by atoms with Crippen molar-refractivity contribution in [3.8, 4) is 0 Å². The highest BCUT2D eigenvalue weighted by Crippen LogP contribution is 2.03. The lowest BCUT2D eigenvalue weighted by Gasteiger charge is -2.02. The van der Waals surface area contributed by atoms with Crippen LogP contribution in [0.15, 0.2) is 17.1 Å². The van der Waals surface area contributed by atoms with Crippen molar-refractivity contribution in [2.75, 3.05) is 5.88 Å². The lowest BCUT2D eigenvalue weighted by atomic mass is 10.3. The quantitative estimate of drug-likeness (QED) is 0.764. The zero-order valence-corrected chi connectivity index (χ0v) is 8.65. The predicted octanol–water partition coefficient (Wildman–Crippen LogP) is 0.883. The van der Waals surface area contributed by atoms with E-state index in [-0.39, 0.29) is 22.4 Å². The summed E-state index contributed by atoms with van der Waals surface area (Å²) in [7, 11) is 0. The van der Waals surface area contributed by atoms with E-state index in [1.807, 2.05) is 0 Å². The first-order valence-corrected chi connectivity index (χ1v) is 4.74. The van der Waals surface area contributed by atoms with Gasteiger partial charge in [-0.05, 0) is 11.6 Å². The van der Waals surface area contributed by atoms with Gasteiger partial charge in [-0.2, -0.15) is 0 Å². The molecule has 0 unspecified atom stereocenters. The van der Waals surface area contributed by atoms with Crippen LogP contribution in [0.5, 0.6) is 0 Å². The first-order chi connectivity index (χ1) is 6.63. The van der Waals surface area contributed by atoms with E-state index >= 15 is 0 Å². The average molecular weight is 235 g/mol. The number of H-pyrrole nitrogens is 1. The highest BCUT2D eigenvalue weighted by molar-refractivity contribution is 6.30. The van der Waals surface area contributed by atoms with E-state index in [1.54, 1.807) is 0 Å². The van der Waals surface area contributed by atoms with Crippen molar-refractivity contribution in [2.45, 2.75) is 6.54 Å². The third-order valence-electron chi connectivity index (χ3n) is 1.53. The van der Waals surface area contributed by atoms with E-state index in [4.69, 9.17) is 23.2 Å². The summed E-state index contributed by atoms with van der Waals surface area (Å²) in [6.07, 6.45) is 1.49. The fourth-order valence-electron chi connectivity index (χ4n) is 0.847. The maximum Gasteiger partial charge on any atom is 0.266 e. The van der Waals surface area contributed by atoms with Crippen LogP contribution < -0.4 is 10.9 Å². The lowest BCUT2D eigenvalue weighted by molar-refractivity contribution is -0.118. The molecule has 0 radical (unpaired) electrons. The molecule has 0 aromatic carbocycles. The third kappa shape index (κ3) is 3.05. The number of alkyl halides is 1. The van der Waals surface area contributed by atoms with Gasteiger partial charge in [0.15, 0.2) is 0 Å². The Morgan fingerprint density at radius 1 is 1.57 bits per heavy atom. The maximum atomic E-state index is 10.9. The fraction of sp³-hybridized carbons (Fsp3) is 0.250. The van der Waals surface area contributed by atoms with Crippen molar-refractivity contribution < 1.29 is 4.79 Å². The van der Waals surface area contributed by atoms with E-state index in [1.165, 1.54) is 12.3 Å². The van der Waals surface area contributed by atoms with Crippen LogP contribution in [0, 0.1) is 0 Å². The largest absolute Gasteiger partial charge is 0.351 e. The summed E-state index contributed by atoms with van der Waals surface area (Å²) >= 11 is 10.9. The summed E-state index contributed by atoms with van der Waals surface area (Å²) in [6, 6.07) is 1.49. The molecule has 1 rings (SSSR count). The molecule has 0 aliphatic heterocycles. The number of nitrogens with one attached hydrogen (secondary N) is 2. The molecule has 1 aromatic rings. The van der Waals surface area contributed by atoms with Gasteiger partial charge in [-0.25, -0.2) is 0 Å². The molecule has 6 heteroatoms. The van der Waals surface area contributed by atoms with Crippen LogP contribution in [0.3, 0.4) is 0 Å². The van der Waals surface area contributed by atoms with Gasteiger partial charge in [-0.15, -0.1) is 11.6 Å². The normalized spacial score (nSPS) is 9.86. The topological polar surface area (TPSA) is 62.0 Å². The van der Waals surface area contributed by atoms with Gasteiger partial charge < -0.3 is 10.3 Å². The van der Waals surface area contributed by atoms with E-state index in [9.17, 15) is 9.59 Å². The zero-order chi connectivity index (χ0) is 10.6. The zero-order valence-electron chi connectivity index (χ0n) is 7.14. The molecule has 0 bridgehead atoms. The van der Waals surface area contributed by atoms with Crippen LogP contribution in [-0.4, -0.2) is 16.8 Å². The van der Waals surface area contributed by atoms with Crippen LogP contribution in [0.2, 0.25) is 5.02 Å². The number of hydrogen-bond acceptors (Lipinski definition) is 2. The minimum absolute atomic E-state index is 0.0862. The Balaban J connectivity index is 2.64. The van der Waals surface area contributed by atoms with Crippen LogP contribution in [-0.2, 0) is 11.3 Å². The summed E-state index contributed by atoms with van der Waals surface area (Å²) in [5.41, 5.74) is 0.368. The standard InChI is InChI=1S/C8H8Cl2N2O2/c9-2-7(13)11-3-5-1-6(10)8(14)12-4-5/h1,4H,2-3H2,(H,11,13)(H,12,14). The molecular formula is C8H8Cl2N2O2. The Morgan fingerprint density at radius 3 is 2.86 bits per heavy atom. The van der Waals surface area contributed by atoms with Crippen molar-refractivity contribution in [1.29, 1.82) is 0 Å². The average Bonchev–Trinajstić information content (AvgIpc) is 2.19. The molecule has 1 aromatic heterocycles. The van der Waals surface area contributed by atoms with Gasteiger partial charge in [-0.1, -0.05) is 11.6 Å². The molecule has 4 nitrogen and oxygen atoms in total. The van der Waals surface area contributed by atoms with Crippen LogP contribution in [0.1, 0.15) is 5.56 Å². The summed E-state index contributed by atoms with van der Waals surface area (Å²) in [5.74, 6) is -0.356. The molecule has 0 atom stereocenters. The highest BCUT2D eigenvalue weighted by Gasteiger charge is 2.01. The van der Waals surface area contributed by atoms with Crippen LogP contribution in [0.25, 0.3) is 0 Å². The molecule has 0 spiro atoms. The highest BCUT2D eigenvalue weighted by atomic mass is 35.5. The van der Waals surface area contributed by atoms with Crippen molar-refractivity contribution in [1.82, 2.24) is 10.3 Å². The van der Waals surface area contributed by atoms with E-state index in [2.05, 4.69) is 10.3 Å². The Bertz CT molecular complexity index is 389. The second-order valence-corrected chi connectivity index (χ2v) is 3.27. The first kappa shape index (κ1) is 11.1. The molecule has 76 valence electrons. The first-order valence-electron chi connectivity index (χ1n) is 3.83. The van der Waals surface area contributed by atoms with E-state index in [0.717, 1.165) is 0 Å². The number of aromatic nitrogens is 1. The third-order valence-corrected chi connectivity index (χ3v) is 2.05. The maximum absolute atomic E-state index is 10.9. The predicted molar refractivity (Wildman–Crippen MR) is 54.6 cm³/mol. The van der Waals surface area contributed by atoms with Gasteiger partial charge in [-0.3, -0.25) is 9.59 Å². The Morgan fingerprint density at radius 2 is 2.29 bits per heavy atom. The van der Waals surface area contributed by atoms with Crippen LogP contribution >= 0.6 is 23.2 Å². The Labute approximate surface area is 90.2 Å². The molecule has 1 heterocycles. The molecule has 0 saturated carbocycles. The molecule has 14 heavy (non-hydrogen) atoms. The number of rotatable bonds is 3. The van der Waals surface area contributed by atoms with Gasteiger partial charge in [0.05, 0.1) is 0 Å². The number of carbonyl (C=O) groups excluding carboxylic acids is 1. The Hall–Kier alpha value is -1.00. The minimum atomic E-state index is -0.348. The van der Waals surface area contributed by atoms with Gasteiger partial charge in [0.1, 0.15) is 10.9 Å². The lowest BCUT2D eigenvalue weighted by Crippen LogP contribution is -2.24. The van der Waals surface area contributed by atoms with E-state index in [0.29, 0.717) is 12.1 Å².